The quantitative estimate of drug-likeness (QED) is 0.689. The van der Waals surface area contributed by atoms with Crippen molar-refractivity contribution in [2.24, 2.45) is 5.92 Å². The zero-order valence-electron chi connectivity index (χ0n) is 17.3. The average Bonchev–Trinajstić information content (AvgIpc) is 2.80. The number of hydrogen-bond donors (Lipinski definition) is 1. The van der Waals surface area contributed by atoms with Gasteiger partial charge in [0.1, 0.15) is 17.9 Å². The molecule has 0 saturated carbocycles. The Bertz CT molecular complexity index is 1010. The minimum Gasteiger partial charge on any atom is -0.497 e. The third-order valence-electron chi connectivity index (χ3n) is 5.51. The molecule has 1 aliphatic heterocycles. The normalized spacial score (nSPS) is 14.4. The highest BCUT2D eigenvalue weighted by Crippen LogP contribution is 2.26. The molecule has 0 bridgehead atoms. The van der Waals surface area contributed by atoms with E-state index in [0.717, 1.165) is 54.4 Å². The second kappa shape index (κ2) is 8.95. The molecular formula is C24H26N4O2. The fraction of sp³-hybridized carbons (Fsp3) is 0.292. The topological polar surface area (TPSA) is 67.3 Å². The summed E-state index contributed by atoms with van der Waals surface area (Å²) in [6.45, 7) is 3.67. The first-order valence-corrected chi connectivity index (χ1v) is 10.2. The number of piperidine rings is 1. The molecule has 4 rings (SSSR count). The summed E-state index contributed by atoms with van der Waals surface area (Å²) in [5, 5.41) is 3.01. The number of carbonyl (C=O) groups is 1. The van der Waals surface area contributed by atoms with Crippen molar-refractivity contribution < 1.29 is 9.53 Å². The molecule has 1 amide bonds. The first-order valence-electron chi connectivity index (χ1n) is 10.2. The number of rotatable bonds is 5. The van der Waals surface area contributed by atoms with Crippen molar-refractivity contribution in [1.82, 2.24) is 9.97 Å². The van der Waals surface area contributed by atoms with Crippen LogP contribution in [-0.4, -0.2) is 36.1 Å². The monoisotopic (exact) mass is 402 g/mol. The van der Waals surface area contributed by atoms with Crippen LogP contribution in [0.5, 0.6) is 5.75 Å². The van der Waals surface area contributed by atoms with E-state index in [9.17, 15) is 4.79 Å². The molecule has 1 aliphatic rings. The van der Waals surface area contributed by atoms with Gasteiger partial charge < -0.3 is 15.0 Å². The highest BCUT2D eigenvalue weighted by atomic mass is 16.5. The molecule has 0 spiro atoms. The second-order valence-electron chi connectivity index (χ2n) is 7.61. The molecule has 3 aromatic rings. The van der Waals surface area contributed by atoms with E-state index >= 15 is 0 Å². The zero-order valence-corrected chi connectivity index (χ0v) is 17.3. The Labute approximate surface area is 176 Å². The van der Waals surface area contributed by atoms with Crippen LogP contribution in [0.25, 0.3) is 11.3 Å². The van der Waals surface area contributed by atoms with Crippen LogP contribution in [0.15, 0.2) is 60.9 Å². The van der Waals surface area contributed by atoms with E-state index in [1.54, 1.807) is 13.4 Å². The molecule has 30 heavy (non-hydrogen) atoms. The lowest BCUT2D eigenvalue weighted by molar-refractivity contribution is -0.120. The van der Waals surface area contributed by atoms with Gasteiger partial charge in [-0.1, -0.05) is 23.8 Å². The van der Waals surface area contributed by atoms with Crippen molar-refractivity contribution in [3.63, 3.8) is 0 Å². The number of anilines is 2. The molecule has 0 radical (unpaired) electrons. The maximum atomic E-state index is 12.6. The van der Waals surface area contributed by atoms with Gasteiger partial charge in [-0.15, -0.1) is 0 Å². The molecule has 154 valence electrons. The van der Waals surface area contributed by atoms with Crippen molar-refractivity contribution in [3.05, 3.63) is 66.5 Å². The fourth-order valence-corrected chi connectivity index (χ4v) is 3.77. The van der Waals surface area contributed by atoms with Crippen LogP contribution in [0.3, 0.4) is 0 Å². The van der Waals surface area contributed by atoms with Gasteiger partial charge in [0.15, 0.2) is 0 Å². The predicted molar refractivity (Wildman–Crippen MR) is 119 cm³/mol. The van der Waals surface area contributed by atoms with E-state index in [4.69, 9.17) is 4.74 Å². The van der Waals surface area contributed by atoms with Gasteiger partial charge in [0, 0.05) is 36.3 Å². The van der Waals surface area contributed by atoms with Crippen LogP contribution in [0.1, 0.15) is 18.4 Å². The summed E-state index contributed by atoms with van der Waals surface area (Å²) in [4.78, 5) is 23.8. The molecule has 0 atom stereocenters. The van der Waals surface area contributed by atoms with Gasteiger partial charge in [0.05, 0.1) is 12.8 Å². The van der Waals surface area contributed by atoms with Crippen molar-refractivity contribution in [3.8, 4) is 17.0 Å². The molecule has 2 aromatic carbocycles. The predicted octanol–water partition coefficient (Wildman–Crippen LogP) is 4.32. The number of nitrogens with one attached hydrogen (secondary N) is 1. The van der Waals surface area contributed by atoms with E-state index in [2.05, 4.69) is 45.3 Å². The SMILES string of the molecule is COc1ccc(NC(=O)C2CCN(c3cc(-c4cccc(C)c4)ncn3)CC2)cc1. The molecule has 1 aromatic heterocycles. The number of methoxy groups -OCH3 is 1. The van der Waals surface area contributed by atoms with E-state index < -0.39 is 0 Å². The first-order chi connectivity index (χ1) is 14.6. The standard InChI is InChI=1S/C24H26N4O2/c1-17-4-3-5-19(14-17)22-15-23(26-16-25-22)28-12-10-18(11-13-28)24(29)27-20-6-8-21(30-2)9-7-20/h3-9,14-16,18H,10-13H2,1-2H3,(H,27,29). The Morgan fingerprint density at radius 2 is 1.83 bits per heavy atom. The summed E-state index contributed by atoms with van der Waals surface area (Å²) in [6, 6.07) is 17.8. The highest BCUT2D eigenvalue weighted by molar-refractivity contribution is 5.92. The Hall–Kier alpha value is -3.41. The number of nitrogens with zero attached hydrogens (tertiary/aromatic N) is 3. The molecule has 1 N–H and O–H groups in total. The molecular weight excluding hydrogens is 376 g/mol. The smallest absolute Gasteiger partial charge is 0.227 e. The number of aromatic nitrogens is 2. The lowest BCUT2D eigenvalue weighted by Crippen LogP contribution is -2.38. The van der Waals surface area contributed by atoms with Crippen molar-refractivity contribution in [1.29, 1.82) is 0 Å². The molecule has 0 aliphatic carbocycles. The van der Waals surface area contributed by atoms with Crippen LogP contribution in [0.4, 0.5) is 11.5 Å². The summed E-state index contributed by atoms with van der Waals surface area (Å²) in [7, 11) is 1.63. The first kappa shape index (κ1) is 19.9. The molecule has 1 fully saturated rings. The Morgan fingerprint density at radius 3 is 2.53 bits per heavy atom. The summed E-state index contributed by atoms with van der Waals surface area (Å²) >= 11 is 0. The van der Waals surface area contributed by atoms with Crippen LogP contribution in [-0.2, 0) is 4.79 Å². The molecule has 6 nitrogen and oxygen atoms in total. The van der Waals surface area contributed by atoms with Crippen LogP contribution in [0, 0.1) is 12.8 Å². The number of carbonyl (C=O) groups excluding carboxylic acids is 1. The van der Waals surface area contributed by atoms with E-state index in [1.165, 1.54) is 5.56 Å². The summed E-state index contributed by atoms with van der Waals surface area (Å²) in [5.74, 6) is 1.76. The highest BCUT2D eigenvalue weighted by Gasteiger charge is 2.26. The third kappa shape index (κ3) is 4.59. The number of ether oxygens (including phenoxy) is 1. The number of amides is 1. The maximum absolute atomic E-state index is 12.6. The van der Waals surface area contributed by atoms with Gasteiger partial charge in [0.25, 0.3) is 0 Å². The Balaban J connectivity index is 1.37. The summed E-state index contributed by atoms with van der Waals surface area (Å²) in [5.41, 5.74) is 4.01. The number of benzene rings is 2. The van der Waals surface area contributed by atoms with Crippen LogP contribution < -0.4 is 15.0 Å². The van der Waals surface area contributed by atoms with Crippen LogP contribution >= 0.6 is 0 Å². The van der Waals surface area contributed by atoms with E-state index in [1.807, 2.05) is 36.4 Å². The van der Waals surface area contributed by atoms with Crippen molar-refractivity contribution in [2.45, 2.75) is 19.8 Å². The number of aryl methyl sites for hydroxylation is 1. The van der Waals surface area contributed by atoms with Crippen molar-refractivity contribution >= 4 is 17.4 Å². The molecule has 1 saturated heterocycles. The van der Waals surface area contributed by atoms with Gasteiger partial charge in [0.2, 0.25) is 5.91 Å². The Kier molecular flexibility index (Phi) is 5.93. The minimum atomic E-state index is 0.00133. The maximum Gasteiger partial charge on any atom is 0.227 e. The minimum absolute atomic E-state index is 0.00133. The summed E-state index contributed by atoms with van der Waals surface area (Å²) < 4.78 is 5.16. The van der Waals surface area contributed by atoms with Gasteiger partial charge in [-0.05, 0) is 50.1 Å². The zero-order chi connectivity index (χ0) is 20.9. The summed E-state index contributed by atoms with van der Waals surface area (Å²) in [6.07, 6.45) is 3.22. The van der Waals surface area contributed by atoms with Crippen molar-refractivity contribution in [2.75, 3.05) is 30.4 Å². The van der Waals surface area contributed by atoms with Gasteiger partial charge in [-0.2, -0.15) is 0 Å². The third-order valence-corrected chi connectivity index (χ3v) is 5.51. The molecule has 0 unspecified atom stereocenters. The largest absolute Gasteiger partial charge is 0.497 e. The van der Waals surface area contributed by atoms with E-state index in [-0.39, 0.29) is 11.8 Å². The van der Waals surface area contributed by atoms with Gasteiger partial charge >= 0.3 is 0 Å². The van der Waals surface area contributed by atoms with E-state index in [0.29, 0.717) is 0 Å². The average molecular weight is 402 g/mol. The Morgan fingerprint density at radius 1 is 1.07 bits per heavy atom. The fourth-order valence-electron chi connectivity index (χ4n) is 3.77. The van der Waals surface area contributed by atoms with Gasteiger partial charge in [-0.25, -0.2) is 9.97 Å². The number of hydrogen-bond acceptors (Lipinski definition) is 5. The lowest BCUT2D eigenvalue weighted by Gasteiger charge is -2.32. The van der Waals surface area contributed by atoms with Gasteiger partial charge in [-0.3, -0.25) is 4.79 Å². The molecule has 2 heterocycles. The second-order valence-corrected chi connectivity index (χ2v) is 7.61. The van der Waals surface area contributed by atoms with Crippen LogP contribution in [0.2, 0.25) is 0 Å². The molecule has 6 heteroatoms. The lowest BCUT2D eigenvalue weighted by atomic mass is 9.95.